The summed E-state index contributed by atoms with van der Waals surface area (Å²) in [6.07, 6.45) is 5.28. The lowest BCUT2D eigenvalue weighted by molar-refractivity contribution is -0.263. The van der Waals surface area contributed by atoms with Crippen molar-refractivity contribution in [2.45, 2.75) is 44.6 Å². The molecule has 1 saturated carbocycles. The molecule has 6 rings (SSSR count). The predicted octanol–water partition coefficient (Wildman–Crippen LogP) is 5.21. The van der Waals surface area contributed by atoms with Gasteiger partial charge in [-0.3, -0.25) is 19.2 Å². The second-order valence-corrected chi connectivity index (χ2v) is 10.7. The van der Waals surface area contributed by atoms with Crippen LogP contribution in [-0.2, 0) is 9.47 Å². The first-order valence-electron chi connectivity index (χ1n) is 12.4. The van der Waals surface area contributed by atoms with Crippen molar-refractivity contribution >= 4 is 55.8 Å². The summed E-state index contributed by atoms with van der Waals surface area (Å²) in [4.78, 5) is 32.9. The molecule has 10 heteroatoms. The minimum atomic E-state index is -1.03. The lowest BCUT2D eigenvalue weighted by Crippen LogP contribution is -2.50. The van der Waals surface area contributed by atoms with Crippen LogP contribution in [0.1, 0.15) is 41.0 Å². The smallest absolute Gasteiger partial charge is 0.326 e. The van der Waals surface area contributed by atoms with E-state index in [9.17, 15) is 9.59 Å². The van der Waals surface area contributed by atoms with E-state index in [1.165, 1.54) is 11.3 Å². The number of amides is 2. The zero-order valence-corrected chi connectivity index (χ0v) is 21.9. The summed E-state index contributed by atoms with van der Waals surface area (Å²) in [7, 11) is 3.13. The maximum absolute atomic E-state index is 13.4. The third kappa shape index (κ3) is 4.14. The van der Waals surface area contributed by atoms with E-state index in [2.05, 4.69) is 15.6 Å². The van der Waals surface area contributed by atoms with E-state index in [1.807, 2.05) is 43.3 Å². The minimum Gasteiger partial charge on any atom is -0.354 e. The molecule has 2 N–H and O–H groups in total. The molecule has 2 amide bonds. The van der Waals surface area contributed by atoms with E-state index in [1.54, 1.807) is 29.9 Å². The van der Waals surface area contributed by atoms with Crippen molar-refractivity contribution in [2.24, 2.45) is 0 Å². The fraction of sp³-hybridized carbons (Fsp3) is 0.370. The highest BCUT2D eigenvalue weighted by Crippen LogP contribution is 2.37. The number of likely N-dealkylation sites (tertiary alicyclic amines) is 1. The molecule has 0 unspecified atom stereocenters. The molecule has 192 valence electrons. The van der Waals surface area contributed by atoms with Crippen LogP contribution in [0.5, 0.6) is 0 Å². The van der Waals surface area contributed by atoms with Crippen LogP contribution >= 0.6 is 11.3 Å². The SMILES string of the molecule is COC1(OC)CCCN1C(=O)c1cc2nccc(Nc3ccc4c(c3)cc(C)n4C(=O)NC3CC3)c2s1. The van der Waals surface area contributed by atoms with Gasteiger partial charge in [0.1, 0.15) is 0 Å². The van der Waals surface area contributed by atoms with Gasteiger partial charge >= 0.3 is 6.03 Å². The number of rotatable bonds is 6. The number of ether oxygens (including phenoxy) is 2. The highest BCUT2D eigenvalue weighted by molar-refractivity contribution is 7.21. The van der Waals surface area contributed by atoms with E-state index >= 15 is 0 Å². The molecule has 1 aromatic carbocycles. The third-order valence-electron chi connectivity index (χ3n) is 7.16. The molecule has 4 aromatic rings. The first-order valence-corrected chi connectivity index (χ1v) is 13.2. The number of nitrogens with one attached hydrogen (secondary N) is 2. The number of fused-ring (bicyclic) bond motifs is 2. The summed E-state index contributed by atoms with van der Waals surface area (Å²) in [5.74, 6) is -1.15. The Kier molecular flexibility index (Phi) is 5.89. The van der Waals surface area contributed by atoms with E-state index < -0.39 is 5.91 Å². The first kappa shape index (κ1) is 23.9. The van der Waals surface area contributed by atoms with Crippen LogP contribution in [0.15, 0.2) is 42.6 Å². The van der Waals surface area contributed by atoms with Crippen molar-refractivity contribution in [3.63, 3.8) is 0 Å². The average Bonchev–Trinajstić information content (AvgIpc) is 3.30. The van der Waals surface area contributed by atoms with Gasteiger partial charge in [0.05, 0.1) is 26.3 Å². The Balaban J connectivity index is 1.29. The quantitative estimate of drug-likeness (QED) is 0.340. The highest BCUT2D eigenvalue weighted by Gasteiger charge is 2.45. The van der Waals surface area contributed by atoms with Gasteiger partial charge in [-0.05, 0) is 62.6 Å². The number of nitrogens with zero attached hydrogens (tertiary/aromatic N) is 3. The van der Waals surface area contributed by atoms with Crippen molar-refractivity contribution in [1.29, 1.82) is 0 Å². The Labute approximate surface area is 218 Å². The van der Waals surface area contributed by atoms with Crippen LogP contribution in [0.25, 0.3) is 21.1 Å². The number of methoxy groups -OCH3 is 2. The number of carbonyl (C=O) groups excluding carboxylic acids is 2. The van der Waals surface area contributed by atoms with Gasteiger partial charge in [0.2, 0.25) is 0 Å². The lowest BCUT2D eigenvalue weighted by atomic mass is 10.2. The van der Waals surface area contributed by atoms with Gasteiger partial charge in [-0.15, -0.1) is 11.3 Å². The largest absolute Gasteiger partial charge is 0.354 e. The Hall–Kier alpha value is -3.47. The molecular weight excluding hydrogens is 490 g/mol. The van der Waals surface area contributed by atoms with Crippen LogP contribution < -0.4 is 10.6 Å². The zero-order chi connectivity index (χ0) is 25.7. The van der Waals surface area contributed by atoms with Gasteiger partial charge < -0.3 is 20.1 Å². The normalized spacial score (nSPS) is 17.0. The van der Waals surface area contributed by atoms with Crippen molar-refractivity contribution in [1.82, 2.24) is 19.8 Å². The van der Waals surface area contributed by atoms with E-state index in [0.29, 0.717) is 23.9 Å². The summed E-state index contributed by atoms with van der Waals surface area (Å²) < 4.78 is 13.8. The maximum atomic E-state index is 13.4. The van der Waals surface area contributed by atoms with Gasteiger partial charge in [-0.25, -0.2) is 4.79 Å². The van der Waals surface area contributed by atoms with Crippen molar-refractivity contribution in [3.8, 4) is 0 Å². The maximum Gasteiger partial charge on any atom is 0.326 e. The Morgan fingerprint density at radius 1 is 1.14 bits per heavy atom. The summed E-state index contributed by atoms with van der Waals surface area (Å²) in [5, 5.41) is 7.53. The third-order valence-corrected chi connectivity index (χ3v) is 8.31. The van der Waals surface area contributed by atoms with Gasteiger partial charge in [-0.1, -0.05) is 0 Å². The van der Waals surface area contributed by atoms with E-state index in [4.69, 9.17) is 9.47 Å². The Bertz CT molecular complexity index is 1520. The number of carbonyl (C=O) groups is 2. The fourth-order valence-corrected chi connectivity index (χ4v) is 6.16. The molecule has 0 atom stereocenters. The van der Waals surface area contributed by atoms with Crippen LogP contribution in [0.3, 0.4) is 0 Å². The molecule has 0 spiro atoms. The molecular formula is C27H29N5O4S. The van der Waals surface area contributed by atoms with Crippen LogP contribution in [-0.4, -0.2) is 59.1 Å². The predicted molar refractivity (Wildman–Crippen MR) is 144 cm³/mol. The van der Waals surface area contributed by atoms with Gasteiger partial charge in [0.25, 0.3) is 11.8 Å². The van der Waals surface area contributed by atoms with E-state index in [-0.39, 0.29) is 11.9 Å². The monoisotopic (exact) mass is 519 g/mol. The molecule has 0 bridgehead atoms. The molecule has 3 aromatic heterocycles. The van der Waals surface area contributed by atoms with Crippen molar-refractivity contribution in [3.05, 3.63) is 53.2 Å². The molecule has 4 heterocycles. The van der Waals surface area contributed by atoms with E-state index in [0.717, 1.165) is 57.5 Å². The van der Waals surface area contributed by atoms with Crippen LogP contribution in [0, 0.1) is 6.92 Å². The number of anilines is 2. The number of pyridine rings is 1. The standard InChI is InChI=1S/C27H29N5O4S/c1-16-13-17-14-19(7-8-22(17)32(16)26(34)30-18-5-6-18)29-20-9-11-28-21-15-23(37-24(20)21)25(33)31-12-4-10-27(31,35-2)36-3/h7-9,11,13-15,18H,4-6,10,12H2,1-3H3,(H,28,29)(H,30,34). The second kappa shape index (κ2) is 9.13. The summed E-state index contributed by atoms with van der Waals surface area (Å²) >= 11 is 1.40. The number of hydrogen-bond donors (Lipinski definition) is 2. The topological polar surface area (TPSA) is 97.7 Å². The van der Waals surface area contributed by atoms with Crippen LogP contribution in [0.2, 0.25) is 0 Å². The molecule has 1 aliphatic heterocycles. The van der Waals surface area contributed by atoms with Gasteiger partial charge in [0, 0.05) is 56.2 Å². The van der Waals surface area contributed by atoms with Crippen LogP contribution in [0.4, 0.5) is 16.2 Å². The number of aromatic nitrogens is 2. The summed E-state index contributed by atoms with van der Waals surface area (Å²) in [6.45, 7) is 2.52. The van der Waals surface area contributed by atoms with Gasteiger partial charge in [-0.2, -0.15) is 0 Å². The summed E-state index contributed by atoms with van der Waals surface area (Å²) in [6, 6.07) is 11.9. The Morgan fingerprint density at radius 2 is 1.95 bits per heavy atom. The molecule has 37 heavy (non-hydrogen) atoms. The molecule has 1 aliphatic carbocycles. The number of benzene rings is 1. The molecule has 9 nitrogen and oxygen atoms in total. The average molecular weight is 520 g/mol. The van der Waals surface area contributed by atoms with Crippen molar-refractivity contribution < 1.29 is 19.1 Å². The summed E-state index contributed by atoms with van der Waals surface area (Å²) in [5.41, 5.74) is 4.26. The highest BCUT2D eigenvalue weighted by atomic mass is 32.1. The number of aryl methyl sites for hydroxylation is 1. The lowest BCUT2D eigenvalue weighted by Gasteiger charge is -2.34. The molecule has 2 aliphatic rings. The van der Waals surface area contributed by atoms with Gasteiger partial charge in [0.15, 0.2) is 0 Å². The second-order valence-electron chi connectivity index (χ2n) is 9.61. The zero-order valence-electron chi connectivity index (χ0n) is 21.0. The number of hydrogen-bond acceptors (Lipinski definition) is 7. The molecule has 0 radical (unpaired) electrons. The molecule has 2 fully saturated rings. The molecule has 1 saturated heterocycles. The fourth-order valence-electron chi connectivity index (χ4n) is 5.13. The number of thiophene rings is 1. The first-order chi connectivity index (χ1) is 17.9. The van der Waals surface area contributed by atoms with Crippen molar-refractivity contribution in [2.75, 3.05) is 26.1 Å². The Morgan fingerprint density at radius 3 is 2.70 bits per heavy atom. The minimum absolute atomic E-state index is 0.0775.